The second kappa shape index (κ2) is 12.0. The largest absolute Gasteiger partial charge is 0.490 e. The van der Waals surface area contributed by atoms with Crippen molar-refractivity contribution in [3.63, 3.8) is 0 Å². The van der Waals surface area contributed by atoms with E-state index in [0.29, 0.717) is 24.5 Å². The van der Waals surface area contributed by atoms with E-state index in [4.69, 9.17) is 20.7 Å². The number of carboxylic acid groups (broad SMARTS) is 2. The van der Waals surface area contributed by atoms with E-state index >= 15 is 0 Å². The number of rotatable bonds is 8. The third-order valence-corrected chi connectivity index (χ3v) is 3.17. The van der Waals surface area contributed by atoms with Gasteiger partial charge in [0, 0.05) is 0 Å². The molecule has 0 fully saturated rings. The van der Waals surface area contributed by atoms with Gasteiger partial charge >= 0.3 is 18.1 Å². The third-order valence-electron chi connectivity index (χ3n) is 2.53. The van der Waals surface area contributed by atoms with Crippen LogP contribution >= 0.6 is 11.8 Å². The molecule has 0 bridgehead atoms. The van der Waals surface area contributed by atoms with Gasteiger partial charge in [0.1, 0.15) is 6.04 Å². The molecule has 0 spiro atoms. The number of alkyl halides is 3. The minimum absolute atomic E-state index is 0.310. The molecule has 0 saturated heterocycles. The molecule has 2 atom stereocenters. The topological polar surface area (TPSA) is 130 Å². The highest BCUT2D eigenvalue weighted by molar-refractivity contribution is 7.98. The smallest absolute Gasteiger partial charge is 0.480 e. The maximum absolute atomic E-state index is 11.7. The summed E-state index contributed by atoms with van der Waals surface area (Å²) in [7, 11) is 0. The predicted octanol–water partition coefficient (Wildman–Crippen LogP) is 1.32. The fourth-order valence-corrected chi connectivity index (χ4v) is 1.86. The zero-order valence-electron chi connectivity index (χ0n) is 13.6. The highest BCUT2D eigenvalue weighted by Crippen LogP contribution is 2.13. The van der Waals surface area contributed by atoms with Crippen molar-refractivity contribution in [1.29, 1.82) is 0 Å². The lowest BCUT2D eigenvalue weighted by Crippen LogP contribution is -2.49. The van der Waals surface area contributed by atoms with Crippen molar-refractivity contribution in [2.24, 2.45) is 11.7 Å². The van der Waals surface area contributed by atoms with Crippen LogP contribution in [0, 0.1) is 5.92 Å². The summed E-state index contributed by atoms with van der Waals surface area (Å²) in [5.74, 6) is -3.15. The fourth-order valence-electron chi connectivity index (χ4n) is 1.39. The van der Waals surface area contributed by atoms with Gasteiger partial charge in [-0.15, -0.1) is 0 Å². The summed E-state index contributed by atoms with van der Waals surface area (Å²) in [6, 6.07) is -1.47. The minimum Gasteiger partial charge on any atom is -0.480 e. The Kier molecular flexibility index (Phi) is 12.3. The van der Waals surface area contributed by atoms with E-state index in [2.05, 4.69) is 5.32 Å². The number of amides is 1. The maximum atomic E-state index is 11.7. The van der Waals surface area contributed by atoms with Crippen LogP contribution in [0.25, 0.3) is 0 Å². The first-order valence-corrected chi connectivity index (χ1v) is 8.30. The quantitative estimate of drug-likeness (QED) is 0.502. The highest BCUT2D eigenvalue weighted by Gasteiger charge is 2.38. The molecule has 0 aliphatic rings. The molecule has 0 aromatic carbocycles. The SMILES string of the molecule is CSCC[C@H](NC(=O)[C@@H](N)CC(C)C)C(=O)O.O=C(O)C(F)(F)F. The van der Waals surface area contributed by atoms with Gasteiger partial charge < -0.3 is 21.3 Å². The Balaban J connectivity index is 0. The Hall–Kier alpha value is -1.49. The Bertz CT molecular complexity index is 419. The lowest BCUT2D eigenvalue weighted by molar-refractivity contribution is -0.192. The van der Waals surface area contributed by atoms with Crippen LogP contribution in [0.4, 0.5) is 13.2 Å². The average molecular weight is 376 g/mol. The molecule has 1 amide bonds. The van der Waals surface area contributed by atoms with Gasteiger partial charge in [0.15, 0.2) is 0 Å². The summed E-state index contributed by atoms with van der Waals surface area (Å²) in [5, 5.41) is 18.6. The first-order valence-electron chi connectivity index (χ1n) is 6.90. The number of carbonyl (C=O) groups is 3. The monoisotopic (exact) mass is 376 g/mol. The second-order valence-electron chi connectivity index (χ2n) is 5.22. The van der Waals surface area contributed by atoms with E-state index in [0.717, 1.165) is 0 Å². The van der Waals surface area contributed by atoms with Crippen molar-refractivity contribution < 1.29 is 37.8 Å². The number of nitrogens with one attached hydrogen (secondary N) is 1. The van der Waals surface area contributed by atoms with Crippen LogP contribution in [0.3, 0.4) is 0 Å². The van der Waals surface area contributed by atoms with Crippen molar-refractivity contribution in [3.05, 3.63) is 0 Å². The molecule has 0 aliphatic carbocycles. The first kappa shape index (κ1) is 24.8. The first-order chi connectivity index (χ1) is 10.8. The molecule has 5 N–H and O–H groups in total. The number of carboxylic acids is 2. The number of hydrogen-bond acceptors (Lipinski definition) is 5. The van der Waals surface area contributed by atoms with Gasteiger partial charge in [-0.25, -0.2) is 9.59 Å². The molecule has 0 unspecified atom stereocenters. The summed E-state index contributed by atoms with van der Waals surface area (Å²) in [6.45, 7) is 3.94. The van der Waals surface area contributed by atoms with Gasteiger partial charge in [0.2, 0.25) is 5.91 Å². The summed E-state index contributed by atoms with van der Waals surface area (Å²) in [5.41, 5.74) is 5.69. The van der Waals surface area contributed by atoms with Gasteiger partial charge in [-0.3, -0.25) is 4.79 Å². The van der Waals surface area contributed by atoms with Crippen molar-refractivity contribution in [1.82, 2.24) is 5.32 Å². The average Bonchev–Trinajstić information content (AvgIpc) is 2.41. The van der Waals surface area contributed by atoms with E-state index in [1.807, 2.05) is 20.1 Å². The normalized spacial score (nSPS) is 13.5. The molecule has 0 heterocycles. The van der Waals surface area contributed by atoms with Crippen LogP contribution in [-0.2, 0) is 14.4 Å². The second-order valence-corrected chi connectivity index (χ2v) is 6.21. The van der Waals surface area contributed by atoms with Crippen LogP contribution in [0.2, 0.25) is 0 Å². The van der Waals surface area contributed by atoms with Gasteiger partial charge in [-0.1, -0.05) is 13.8 Å². The summed E-state index contributed by atoms with van der Waals surface area (Å²) in [4.78, 5) is 31.5. The van der Waals surface area contributed by atoms with Gasteiger partial charge in [0.05, 0.1) is 6.04 Å². The summed E-state index contributed by atoms with van der Waals surface area (Å²) < 4.78 is 31.7. The van der Waals surface area contributed by atoms with Crippen molar-refractivity contribution >= 4 is 29.6 Å². The molecule has 0 aromatic heterocycles. The van der Waals surface area contributed by atoms with Crippen molar-refractivity contribution in [2.75, 3.05) is 12.0 Å². The number of hydrogen-bond donors (Lipinski definition) is 4. The lowest BCUT2D eigenvalue weighted by Gasteiger charge is -2.18. The van der Waals surface area contributed by atoms with Gasteiger partial charge in [0.25, 0.3) is 0 Å². The van der Waals surface area contributed by atoms with Gasteiger partial charge in [-0.2, -0.15) is 24.9 Å². The number of thioether (sulfide) groups is 1. The van der Waals surface area contributed by atoms with Crippen LogP contribution in [0.1, 0.15) is 26.7 Å². The highest BCUT2D eigenvalue weighted by atomic mass is 32.2. The number of carbonyl (C=O) groups excluding carboxylic acids is 1. The van der Waals surface area contributed by atoms with E-state index in [-0.39, 0.29) is 5.91 Å². The van der Waals surface area contributed by atoms with Gasteiger partial charge in [-0.05, 0) is 30.8 Å². The standard InChI is InChI=1S/C11H22N2O3S.C2HF3O2/c1-7(2)6-8(12)10(14)13-9(11(15)16)4-5-17-3;3-2(4,5)1(6)7/h7-9H,4-6,12H2,1-3H3,(H,13,14)(H,15,16);(H,6,7)/t8-,9-;/m0./s1. The van der Waals surface area contributed by atoms with Crippen LogP contribution in [0.15, 0.2) is 0 Å². The Labute approximate surface area is 142 Å². The third kappa shape index (κ3) is 13.0. The van der Waals surface area contributed by atoms with E-state index in [9.17, 15) is 22.8 Å². The number of nitrogens with two attached hydrogens (primary N) is 1. The molecular formula is C13H23F3N2O5S. The fraction of sp³-hybridized carbons (Fsp3) is 0.769. The predicted molar refractivity (Wildman–Crippen MR) is 83.7 cm³/mol. The lowest BCUT2D eigenvalue weighted by atomic mass is 10.0. The van der Waals surface area contributed by atoms with Crippen molar-refractivity contribution in [3.8, 4) is 0 Å². The molecule has 0 rings (SSSR count). The molecular weight excluding hydrogens is 353 g/mol. The van der Waals surface area contributed by atoms with E-state index in [1.165, 1.54) is 0 Å². The Morgan fingerprint density at radius 2 is 1.67 bits per heavy atom. The molecule has 24 heavy (non-hydrogen) atoms. The molecule has 0 aromatic rings. The molecule has 0 aliphatic heterocycles. The number of halogens is 3. The van der Waals surface area contributed by atoms with Crippen LogP contribution in [0.5, 0.6) is 0 Å². The maximum Gasteiger partial charge on any atom is 0.490 e. The summed E-state index contributed by atoms with van der Waals surface area (Å²) >= 11 is 1.55. The Morgan fingerprint density at radius 3 is 1.96 bits per heavy atom. The van der Waals surface area contributed by atoms with Crippen LogP contribution in [-0.4, -0.2) is 58.3 Å². The molecule has 0 saturated carbocycles. The minimum atomic E-state index is -5.08. The molecule has 142 valence electrons. The van der Waals surface area contributed by atoms with Crippen LogP contribution < -0.4 is 11.1 Å². The molecule has 11 heteroatoms. The number of aliphatic carboxylic acids is 2. The zero-order chi connectivity index (χ0) is 19.5. The molecule has 0 radical (unpaired) electrons. The van der Waals surface area contributed by atoms with Crippen molar-refractivity contribution in [2.45, 2.75) is 44.9 Å². The Morgan fingerprint density at radius 1 is 1.21 bits per heavy atom. The molecule has 7 nitrogen and oxygen atoms in total. The zero-order valence-corrected chi connectivity index (χ0v) is 14.4. The van der Waals surface area contributed by atoms with E-state index in [1.54, 1.807) is 11.8 Å². The van der Waals surface area contributed by atoms with E-state index < -0.39 is 30.2 Å². The summed E-state index contributed by atoms with van der Waals surface area (Å²) in [6.07, 6.45) is -2.22.